The molecule has 0 radical (unpaired) electrons. The molecular formula is C16H20N4O. The van der Waals surface area contributed by atoms with Crippen LogP contribution in [0.2, 0.25) is 0 Å². The maximum Gasteiger partial charge on any atom is 0.317 e. The number of hydrogen-bond donors (Lipinski definition) is 2. The first-order chi connectivity index (χ1) is 10.2. The largest absolute Gasteiger partial charge is 0.335 e. The van der Waals surface area contributed by atoms with Crippen LogP contribution in [0.5, 0.6) is 0 Å². The number of rotatable bonds is 3. The fourth-order valence-corrected chi connectivity index (χ4v) is 2.81. The molecule has 0 saturated heterocycles. The van der Waals surface area contributed by atoms with Crippen molar-refractivity contribution in [2.24, 2.45) is 0 Å². The van der Waals surface area contributed by atoms with E-state index in [4.69, 9.17) is 0 Å². The van der Waals surface area contributed by atoms with E-state index >= 15 is 0 Å². The Morgan fingerprint density at radius 1 is 1.38 bits per heavy atom. The van der Waals surface area contributed by atoms with Crippen molar-refractivity contribution < 1.29 is 4.79 Å². The number of H-pyrrole nitrogens is 1. The summed E-state index contributed by atoms with van der Waals surface area (Å²) < 4.78 is 0. The maximum atomic E-state index is 12.2. The highest BCUT2D eigenvalue weighted by Gasteiger charge is 2.21. The topological polar surface area (TPSA) is 61.0 Å². The number of aryl methyl sites for hydroxylation is 1. The summed E-state index contributed by atoms with van der Waals surface area (Å²) in [5, 5.41) is 9.88. The van der Waals surface area contributed by atoms with Gasteiger partial charge in [-0.3, -0.25) is 5.10 Å². The molecule has 2 amide bonds. The summed E-state index contributed by atoms with van der Waals surface area (Å²) in [6.07, 6.45) is 4.64. The van der Waals surface area contributed by atoms with Gasteiger partial charge in [-0.2, -0.15) is 5.10 Å². The summed E-state index contributed by atoms with van der Waals surface area (Å²) in [5.41, 5.74) is 3.70. The number of benzene rings is 1. The quantitative estimate of drug-likeness (QED) is 0.907. The molecule has 0 aliphatic heterocycles. The third kappa shape index (κ3) is 3.24. The molecule has 2 N–H and O–H groups in total. The molecule has 0 saturated carbocycles. The van der Waals surface area contributed by atoms with Crippen molar-refractivity contribution in [2.75, 3.05) is 7.05 Å². The molecule has 1 aliphatic rings. The second-order valence-corrected chi connectivity index (χ2v) is 5.60. The van der Waals surface area contributed by atoms with Crippen LogP contribution < -0.4 is 5.32 Å². The third-order valence-electron chi connectivity index (χ3n) is 3.99. The zero-order chi connectivity index (χ0) is 14.7. The van der Waals surface area contributed by atoms with Gasteiger partial charge in [0.15, 0.2) is 0 Å². The number of carbonyl (C=O) groups is 1. The Kier molecular flexibility index (Phi) is 3.90. The molecule has 0 fully saturated rings. The fourth-order valence-electron chi connectivity index (χ4n) is 2.81. The van der Waals surface area contributed by atoms with Gasteiger partial charge in [0.25, 0.3) is 0 Å². The summed E-state index contributed by atoms with van der Waals surface area (Å²) in [5.74, 6) is 0. The van der Waals surface area contributed by atoms with Crippen molar-refractivity contribution in [2.45, 2.75) is 31.8 Å². The number of hydrogen-bond acceptors (Lipinski definition) is 2. The van der Waals surface area contributed by atoms with E-state index in [-0.39, 0.29) is 12.1 Å². The SMILES string of the molecule is CN(Cc1ccn[nH]1)C(=O)NC1CCc2ccccc2C1. The zero-order valence-corrected chi connectivity index (χ0v) is 12.2. The Labute approximate surface area is 124 Å². The normalized spacial score (nSPS) is 17.1. The maximum absolute atomic E-state index is 12.2. The molecule has 2 aromatic rings. The van der Waals surface area contributed by atoms with Crippen LogP contribution in [0.1, 0.15) is 23.2 Å². The molecule has 3 rings (SSSR count). The van der Waals surface area contributed by atoms with Gasteiger partial charge in [-0.25, -0.2) is 4.79 Å². The van der Waals surface area contributed by atoms with Gasteiger partial charge in [0.05, 0.1) is 12.2 Å². The van der Waals surface area contributed by atoms with Crippen LogP contribution in [0.4, 0.5) is 4.79 Å². The monoisotopic (exact) mass is 284 g/mol. The van der Waals surface area contributed by atoms with Crippen LogP contribution in [0.25, 0.3) is 0 Å². The summed E-state index contributed by atoms with van der Waals surface area (Å²) in [7, 11) is 1.80. The fraction of sp³-hybridized carbons (Fsp3) is 0.375. The zero-order valence-electron chi connectivity index (χ0n) is 12.2. The molecule has 5 heteroatoms. The smallest absolute Gasteiger partial charge is 0.317 e. The molecule has 0 bridgehead atoms. The standard InChI is InChI=1S/C16H20N4O/c1-20(11-15-8-9-17-19-15)16(21)18-14-7-6-12-4-2-3-5-13(12)10-14/h2-5,8-9,14H,6-7,10-11H2,1H3,(H,17,19)(H,18,21). The van der Waals surface area contributed by atoms with Crippen LogP contribution in [0.3, 0.4) is 0 Å². The van der Waals surface area contributed by atoms with Gasteiger partial charge in [-0.1, -0.05) is 24.3 Å². The van der Waals surface area contributed by atoms with E-state index in [0.29, 0.717) is 6.54 Å². The first kappa shape index (κ1) is 13.7. The first-order valence-electron chi connectivity index (χ1n) is 7.29. The highest BCUT2D eigenvalue weighted by molar-refractivity contribution is 5.74. The highest BCUT2D eigenvalue weighted by Crippen LogP contribution is 2.21. The summed E-state index contributed by atoms with van der Waals surface area (Å²) >= 11 is 0. The number of urea groups is 1. The molecule has 1 heterocycles. The van der Waals surface area contributed by atoms with E-state index < -0.39 is 0 Å². The lowest BCUT2D eigenvalue weighted by Crippen LogP contribution is -2.45. The van der Waals surface area contributed by atoms with E-state index in [1.807, 2.05) is 6.07 Å². The van der Waals surface area contributed by atoms with Gasteiger partial charge >= 0.3 is 6.03 Å². The molecule has 1 unspecified atom stereocenters. The molecule has 5 nitrogen and oxygen atoms in total. The third-order valence-corrected chi connectivity index (χ3v) is 3.99. The van der Waals surface area contributed by atoms with Crippen LogP contribution in [0, 0.1) is 0 Å². The van der Waals surface area contributed by atoms with Crippen LogP contribution in [-0.2, 0) is 19.4 Å². The van der Waals surface area contributed by atoms with Crippen molar-refractivity contribution in [3.8, 4) is 0 Å². The molecule has 0 spiro atoms. The van der Waals surface area contributed by atoms with Crippen LogP contribution in [0.15, 0.2) is 36.5 Å². The van der Waals surface area contributed by atoms with Gasteiger partial charge < -0.3 is 10.2 Å². The molecule has 21 heavy (non-hydrogen) atoms. The lowest BCUT2D eigenvalue weighted by atomic mass is 9.88. The van der Waals surface area contributed by atoms with E-state index in [1.165, 1.54) is 11.1 Å². The van der Waals surface area contributed by atoms with Gasteiger partial charge in [0.2, 0.25) is 0 Å². The molecule has 1 aliphatic carbocycles. The Morgan fingerprint density at radius 3 is 2.95 bits per heavy atom. The summed E-state index contributed by atoms with van der Waals surface area (Å²) in [4.78, 5) is 13.9. The number of carbonyl (C=O) groups excluding carboxylic acids is 1. The highest BCUT2D eigenvalue weighted by atomic mass is 16.2. The van der Waals surface area contributed by atoms with Gasteiger partial charge in [0, 0.05) is 19.3 Å². The van der Waals surface area contributed by atoms with Crippen molar-refractivity contribution >= 4 is 6.03 Å². The number of amides is 2. The van der Waals surface area contributed by atoms with Crippen molar-refractivity contribution in [1.82, 2.24) is 20.4 Å². The summed E-state index contributed by atoms with van der Waals surface area (Å²) in [6.45, 7) is 0.537. The number of aromatic nitrogens is 2. The minimum Gasteiger partial charge on any atom is -0.335 e. The van der Waals surface area contributed by atoms with E-state index in [9.17, 15) is 4.79 Å². The van der Waals surface area contributed by atoms with Gasteiger partial charge in [-0.15, -0.1) is 0 Å². The summed E-state index contributed by atoms with van der Waals surface area (Å²) in [6, 6.07) is 10.5. The predicted molar refractivity (Wildman–Crippen MR) is 80.8 cm³/mol. The molecule has 110 valence electrons. The minimum absolute atomic E-state index is 0.0334. The van der Waals surface area contributed by atoms with Gasteiger partial charge in [-0.05, 0) is 36.5 Å². The molecule has 1 atom stereocenters. The number of aromatic amines is 1. The minimum atomic E-state index is -0.0334. The van der Waals surface area contributed by atoms with E-state index in [0.717, 1.165) is 25.0 Å². The van der Waals surface area contributed by atoms with Crippen molar-refractivity contribution in [3.05, 3.63) is 53.3 Å². The lowest BCUT2D eigenvalue weighted by Gasteiger charge is -2.27. The van der Waals surface area contributed by atoms with E-state index in [2.05, 4.69) is 39.8 Å². The first-order valence-corrected chi connectivity index (χ1v) is 7.29. The Balaban J connectivity index is 1.56. The molecule has 1 aromatic heterocycles. The predicted octanol–water partition coefficient (Wildman–Crippen LogP) is 2.11. The second-order valence-electron chi connectivity index (χ2n) is 5.60. The van der Waals surface area contributed by atoms with E-state index in [1.54, 1.807) is 18.1 Å². The average molecular weight is 284 g/mol. The second kappa shape index (κ2) is 5.99. The number of fused-ring (bicyclic) bond motifs is 1. The average Bonchev–Trinajstić information content (AvgIpc) is 3.00. The van der Waals surface area contributed by atoms with Crippen LogP contribution >= 0.6 is 0 Å². The molecular weight excluding hydrogens is 264 g/mol. The number of nitrogens with zero attached hydrogens (tertiary/aromatic N) is 2. The van der Waals surface area contributed by atoms with Crippen molar-refractivity contribution in [3.63, 3.8) is 0 Å². The molecule has 1 aromatic carbocycles. The lowest BCUT2D eigenvalue weighted by molar-refractivity contribution is 0.200. The van der Waals surface area contributed by atoms with Crippen LogP contribution in [-0.4, -0.2) is 34.2 Å². The Bertz CT molecular complexity index is 608. The van der Waals surface area contributed by atoms with Crippen molar-refractivity contribution in [1.29, 1.82) is 0 Å². The number of nitrogens with one attached hydrogen (secondary N) is 2. The Morgan fingerprint density at radius 2 is 2.19 bits per heavy atom. The Hall–Kier alpha value is -2.30. The van der Waals surface area contributed by atoms with Gasteiger partial charge in [0.1, 0.15) is 0 Å².